The predicted octanol–water partition coefficient (Wildman–Crippen LogP) is 1.23. The average molecular weight is 320 g/mol. The van der Waals surface area contributed by atoms with E-state index in [0.29, 0.717) is 19.6 Å². The first kappa shape index (κ1) is 15.2. The molecule has 7 nitrogen and oxygen atoms in total. The van der Waals surface area contributed by atoms with Gasteiger partial charge in [-0.2, -0.15) is 4.31 Å². The molecular formula is C11H14ClN3O4S. The lowest BCUT2D eigenvalue weighted by Crippen LogP contribution is -2.52. The van der Waals surface area contributed by atoms with Gasteiger partial charge in [0, 0.05) is 37.8 Å². The molecule has 1 aromatic carbocycles. The number of halogens is 1. The Morgan fingerprint density at radius 1 is 1.50 bits per heavy atom. The number of nitrogens with zero attached hydrogens (tertiary/aromatic N) is 2. The minimum atomic E-state index is -3.75. The van der Waals surface area contributed by atoms with Crippen LogP contribution in [0.5, 0.6) is 0 Å². The molecule has 1 aromatic rings. The number of sulfonamides is 1. The minimum Gasteiger partial charge on any atom is -0.314 e. The molecule has 0 aromatic heterocycles. The Kier molecular flexibility index (Phi) is 4.28. The van der Waals surface area contributed by atoms with E-state index in [1.807, 2.05) is 0 Å². The van der Waals surface area contributed by atoms with Crippen molar-refractivity contribution in [3.63, 3.8) is 0 Å². The molecule has 1 N–H and O–H groups in total. The highest BCUT2D eigenvalue weighted by molar-refractivity contribution is 7.89. The van der Waals surface area contributed by atoms with Crippen molar-refractivity contribution < 1.29 is 13.3 Å². The number of benzene rings is 1. The summed E-state index contributed by atoms with van der Waals surface area (Å²) in [5, 5.41) is 13.6. The zero-order valence-electron chi connectivity index (χ0n) is 10.7. The van der Waals surface area contributed by atoms with Crippen LogP contribution in [0.15, 0.2) is 23.1 Å². The number of hydrogen-bond donors (Lipinski definition) is 1. The highest BCUT2D eigenvalue weighted by Crippen LogP contribution is 2.29. The summed E-state index contributed by atoms with van der Waals surface area (Å²) in [4.78, 5) is 9.93. The molecule has 0 bridgehead atoms. The summed E-state index contributed by atoms with van der Waals surface area (Å²) in [7, 11) is -3.75. The Hall–Kier alpha value is -1.22. The molecule has 1 aliphatic rings. The molecule has 0 radical (unpaired) electrons. The van der Waals surface area contributed by atoms with E-state index in [2.05, 4.69) is 5.32 Å². The summed E-state index contributed by atoms with van der Waals surface area (Å²) in [6.07, 6.45) is 0. The van der Waals surface area contributed by atoms with Crippen LogP contribution in [-0.2, 0) is 10.0 Å². The molecule has 1 aliphatic heterocycles. The number of hydrogen-bond acceptors (Lipinski definition) is 5. The van der Waals surface area contributed by atoms with Crippen LogP contribution in [-0.4, -0.2) is 43.3 Å². The Bertz CT molecular complexity index is 635. The first-order valence-electron chi connectivity index (χ1n) is 6.00. The van der Waals surface area contributed by atoms with Gasteiger partial charge in [0.2, 0.25) is 10.0 Å². The van der Waals surface area contributed by atoms with E-state index in [1.165, 1.54) is 10.4 Å². The molecule has 0 spiro atoms. The van der Waals surface area contributed by atoms with Crippen molar-refractivity contribution in [2.45, 2.75) is 17.9 Å². The minimum absolute atomic E-state index is 0.0986. The molecule has 1 heterocycles. The second-order valence-corrected chi connectivity index (χ2v) is 6.81. The van der Waals surface area contributed by atoms with Crippen molar-refractivity contribution in [3.8, 4) is 0 Å². The van der Waals surface area contributed by atoms with Gasteiger partial charge in [0.25, 0.3) is 5.69 Å². The predicted molar refractivity (Wildman–Crippen MR) is 74.3 cm³/mol. The Labute approximate surface area is 121 Å². The van der Waals surface area contributed by atoms with E-state index in [0.717, 1.165) is 12.1 Å². The highest BCUT2D eigenvalue weighted by Gasteiger charge is 2.32. The molecule has 1 saturated heterocycles. The van der Waals surface area contributed by atoms with Gasteiger partial charge in [0.1, 0.15) is 4.90 Å². The van der Waals surface area contributed by atoms with Gasteiger partial charge < -0.3 is 5.32 Å². The standard InChI is InChI=1S/C11H14ClN3O4S/c1-8-7-13-4-5-14(8)20(18,19)11-3-2-9(15(16)17)6-10(11)12/h2-3,6,8,13H,4-5,7H2,1H3/t8-/m0/s1. The van der Waals surface area contributed by atoms with Crippen molar-refractivity contribution >= 4 is 27.3 Å². The summed E-state index contributed by atoms with van der Waals surface area (Å²) in [5.74, 6) is 0. The molecule has 20 heavy (non-hydrogen) atoms. The number of nitro groups is 1. The highest BCUT2D eigenvalue weighted by atomic mass is 35.5. The van der Waals surface area contributed by atoms with E-state index in [1.54, 1.807) is 6.92 Å². The van der Waals surface area contributed by atoms with Gasteiger partial charge in [-0.1, -0.05) is 11.6 Å². The third-order valence-corrected chi connectivity index (χ3v) is 5.65. The monoisotopic (exact) mass is 319 g/mol. The van der Waals surface area contributed by atoms with Crippen LogP contribution in [0.3, 0.4) is 0 Å². The van der Waals surface area contributed by atoms with E-state index in [-0.39, 0.29) is 21.6 Å². The topological polar surface area (TPSA) is 92.6 Å². The molecular weight excluding hydrogens is 306 g/mol. The van der Waals surface area contributed by atoms with Crippen LogP contribution < -0.4 is 5.32 Å². The number of nitro benzene ring substituents is 1. The Balaban J connectivity index is 2.41. The number of non-ortho nitro benzene ring substituents is 1. The van der Waals surface area contributed by atoms with Gasteiger partial charge in [-0.15, -0.1) is 0 Å². The summed E-state index contributed by atoms with van der Waals surface area (Å²) >= 11 is 5.90. The van der Waals surface area contributed by atoms with Crippen molar-refractivity contribution in [1.29, 1.82) is 0 Å². The third-order valence-electron chi connectivity index (χ3n) is 3.15. The maximum Gasteiger partial charge on any atom is 0.271 e. The SMILES string of the molecule is C[C@H]1CNCCN1S(=O)(=O)c1ccc([N+](=O)[O-])cc1Cl. The summed E-state index contributed by atoms with van der Waals surface area (Å²) in [5.41, 5.74) is -0.234. The molecule has 0 aliphatic carbocycles. The second-order valence-electron chi connectivity index (χ2n) is 4.54. The first-order chi connectivity index (χ1) is 9.34. The lowest BCUT2D eigenvalue weighted by atomic mass is 10.3. The maximum atomic E-state index is 12.5. The van der Waals surface area contributed by atoms with Gasteiger partial charge in [-0.05, 0) is 13.0 Å². The van der Waals surface area contributed by atoms with Gasteiger partial charge in [0.05, 0.1) is 9.95 Å². The Morgan fingerprint density at radius 2 is 2.20 bits per heavy atom. The molecule has 2 rings (SSSR count). The van der Waals surface area contributed by atoms with Gasteiger partial charge in [0.15, 0.2) is 0 Å². The van der Waals surface area contributed by atoms with E-state index in [4.69, 9.17) is 11.6 Å². The normalized spacial score (nSPS) is 20.8. The van der Waals surface area contributed by atoms with E-state index < -0.39 is 14.9 Å². The number of nitrogens with one attached hydrogen (secondary N) is 1. The zero-order valence-corrected chi connectivity index (χ0v) is 12.3. The van der Waals surface area contributed by atoms with Gasteiger partial charge in [-0.3, -0.25) is 10.1 Å². The van der Waals surface area contributed by atoms with Crippen molar-refractivity contribution in [1.82, 2.24) is 9.62 Å². The Morgan fingerprint density at radius 3 is 2.75 bits per heavy atom. The maximum absolute atomic E-state index is 12.5. The van der Waals surface area contributed by atoms with Crippen molar-refractivity contribution in [2.24, 2.45) is 0 Å². The fourth-order valence-electron chi connectivity index (χ4n) is 2.12. The third kappa shape index (κ3) is 2.78. The number of rotatable bonds is 3. The molecule has 9 heteroatoms. The second kappa shape index (κ2) is 5.65. The van der Waals surface area contributed by atoms with Gasteiger partial charge in [-0.25, -0.2) is 8.42 Å². The van der Waals surface area contributed by atoms with Crippen LogP contribution in [0.1, 0.15) is 6.92 Å². The summed E-state index contributed by atoms with van der Waals surface area (Å²) in [6, 6.07) is 3.19. The molecule has 0 amide bonds. The molecule has 0 saturated carbocycles. The fraction of sp³-hybridized carbons (Fsp3) is 0.455. The summed E-state index contributed by atoms with van der Waals surface area (Å²) < 4.78 is 26.4. The lowest BCUT2D eigenvalue weighted by molar-refractivity contribution is -0.384. The zero-order chi connectivity index (χ0) is 14.9. The lowest BCUT2D eigenvalue weighted by Gasteiger charge is -2.33. The van der Waals surface area contributed by atoms with Crippen LogP contribution in [0.25, 0.3) is 0 Å². The first-order valence-corrected chi connectivity index (χ1v) is 7.82. The molecule has 110 valence electrons. The van der Waals surface area contributed by atoms with Crippen LogP contribution in [0, 0.1) is 10.1 Å². The smallest absolute Gasteiger partial charge is 0.271 e. The molecule has 0 unspecified atom stereocenters. The summed E-state index contributed by atoms with van der Waals surface area (Å²) in [6.45, 7) is 3.26. The van der Waals surface area contributed by atoms with Crippen LogP contribution in [0.4, 0.5) is 5.69 Å². The quantitative estimate of drug-likeness (QED) is 0.668. The van der Waals surface area contributed by atoms with E-state index >= 15 is 0 Å². The largest absolute Gasteiger partial charge is 0.314 e. The molecule has 1 fully saturated rings. The molecule has 1 atom stereocenters. The van der Waals surface area contributed by atoms with Crippen LogP contribution >= 0.6 is 11.6 Å². The van der Waals surface area contributed by atoms with Gasteiger partial charge >= 0.3 is 0 Å². The van der Waals surface area contributed by atoms with Crippen molar-refractivity contribution in [2.75, 3.05) is 19.6 Å². The van der Waals surface area contributed by atoms with Crippen molar-refractivity contribution in [3.05, 3.63) is 33.3 Å². The van der Waals surface area contributed by atoms with Crippen LogP contribution in [0.2, 0.25) is 5.02 Å². The fourth-order valence-corrected chi connectivity index (χ4v) is 4.26. The van der Waals surface area contributed by atoms with E-state index in [9.17, 15) is 18.5 Å². The number of piperazine rings is 1. The average Bonchev–Trinajstić information content (AvgIpc) is 2.38.